The van der Waals surface area contributed by atoms with Gasteiger partial charge in [-0.1, -0.05) is 17.7 Å². The zero-order valence-electron chi connectivity index (χ0n) is 14.4. The second-order valence-corrected chi connectivity index (χ2v) is 7.37. The van der Waals surface area contributed by atoms with Crippen LogP contribution in [0.25, 0.3) is 32.0 Å². The van der Waals surface area contributed by atoms with Crippen LogP contribution in [0.5, 0.6) is 11.6 Å². The molecule has 0 saturated heterocycles. The van der Waals surface area contributed by atoms with Crippen molar-refractivity contribution in [2.45, 2.75) is 13.5 Å². The third-order valence-electron chi connectivity index (χ3n) is 3.97. The van der Waals surface area contributed by atoms with Gasteiger partial charge in [-0.25, -0.2) is 15.0 Å². The Balaban J connectivity index is 1.81. The molecule has 2 heterocycles. The van der Waals surface area contributed by atoms with Gasteiger partial charge in [-0.15, -0.1) is 11.3 Å². The number of thiazole rings is 1. The summed E-state index contributed by atoms with van der Waals surface area (Å²) in [5.74, 6) is -0.259. The van der Waals surface area contributed by atoms with E-state index in [1.54, 1.807) is 30.5 Å². The van der Waals surface area contributed by atoms with Crippen LogP contribution in [0.4, 0.5) is 8.78 Å². The molecule has 5 nitrogen and oxygen atoms in total. The average molecular weight is 420 g/mol. The van der Waals surface area contributed by atoms with E-state index in [-0.39, 0.29) is 16.7 Å². The Kier molecular flexibility index (Phi) is 4.82. The van der Waals surface area contributed by atoms with Crippen LogP contribution in [-0.4, -0.2) is 26.7 Å². The zero-order chi connectivity index (χ0) is 19.8. The van der Waals surface area contributed by atoms with E-state index in [1.807, 2.05) is 13.0 Å². The van der Waals surface area contributed by atoms with Crippen molar-refractivity contribution < 1.29 is 18.6 Å². The van der Waals surface area contributed by atoms with E-state index in [0.717, 1.165) is 16.6 Å². The van der Waals surface area contributed by atoms with Crippen LogP contribution < -0.4 is 4.74 Å². The number of para-hydroxylation sites is 1. The standard InChI is InChI=1S/C19H12ClF2N3O2S/c1-9-5-11(16-13(6-9)25-15(8-23-16)27-19(21)22)18-24-7-14(28-18)10-3-2-4-12(20)17(10)26/h2-8,19,26H,1H3. The second kappa shape index (κ2) is 7.29. The third kappa shape index (κ3) is 3.48. The number of phenols is 1. The summed E-state index contributed by atoms with van der Waals surface area (Å²) < 4.78 is 29.2. The largest absolute Gasteiger partial charge is 0.506 e. The number of aromatic nitrogens is 3. The quantitative estimate of drug-likeness (QED) is 0.460. The van der Waals surface area contributed by atoms with Gasteiger partial charge in [0.2, 0.25) is 5.88 Å². The van der Waals surface area contributed by atoms with Gasteiger partial charge in [0.25, 0.3) is 0 Å². The van der Waals surface area contributed by atoms with Gasteiger partial charge in [0.15, 0.2) is 0 Å². The molecule has 142 valence electrons. The minimum absolute atomic E-state index is 0.0120. The van der Waals surface area contributed by atoms with E-state index >= 15 is 0 Å². The number of rotatable bonds is 4. The number of aromatic hydroxyl groups is 1. The number of hydrogen-bond acceptors (Lipinski definition) is 6. The first-order valence-electron chi connectivity index (χ1n) is 8.08. The fourth-order valence-electron chi connectivity index (χ4n) is 2.80. The molecule has 0 aliphatic rings. The van der Waals surface area contributed by atoms with Crippen molar-refractivity contribution in [3.05, 3.63) is 53.3 Å². The molecule has 0 saturated carbocycles. The van der Waals surface area contributed by atoms with Crippen LogP contribution in [0.3, 0.4) is 0 Å². The van der Waals surface area contributed by atoms with Crippen LogP contribution in [0.1, 0.15) is 5.56 Å². The van der Waals surface area contributed by atoms with Crippen molar-refractivity contribution in [3.63, 3.8) is 0 Å². The number of fused-ring (bicyclic) bond motifs is 1. The first-order chi connectivity index (χ1) is 13.4. The zero-order valence-corrected chi connectivity index (χ0v) is 15.9. The number of aryl methyl sites for hydroxylation is 1. The monoisotopic (exact) mass is 419 g/mol. The van der Waals surface area contributed by atoms with E-state index in [1.165, 1.54) is 11.3 Å². The van der Waals surface area contributed by atoms with E-state index in [9.17, 15) is 13.9 Å². The van der Waals surface area contributed by atoms with Gasteiger partial charge in [0, 0.05) is 17.3 Å². The Labute approximate surface area is 167 Å². The smallest absolute Gasteiger partial charge is 0.388 e. The Bertz CT molecular complexity index is 1180. The van der Waals surface area contributed by atoms with Gasteiger partial charge >= 0.3 is 6.61 Å². The molecule has 0 amide bonds. The lowest BCUT2D eigenvalue weighted by Gasteiger charge is -2.07. The number of hydrogen-bond donors (Lipinski definition) is 1. The highest BCUT2D eigenvalue weighted by atomic mass is 35.5. The molecular weight excluding hydrogens is 408 g/mol. The lowest BCUT2D eigenvalue weighted by Crippen LogP contribution is -2.04. The topological polar surface area (TPSA) is 68.1 Å². The van der Waals surface area contributed by atoms with E-state index in [0.29, 0.717) is 27.2 Å². The van der Waals surface area contributed by atoms with Crippen LogP contribution in [0, 0.1) is 6.92 Å². The molecule has 0 bridgehead atoms. The highest BCUT2D eigenvalue weighted by molar-refractivity contribution is 7.18. The van der Waals surface area contributed by atoms with Crippen molar-refractivity contribution in [2.75, 3.05) is 0 Å². The fourth-order valence-corrected chi connectivity index (χ4v) is 3.93. The SMILES string of the molecule is Cc1cc(-c2ncc(-c3cccc(Cl)c3O)s2)c2ncc(OC(F)F)nc2c1. The van der Waals surface area contributed by atoms with E-state index < -0.39 is 6.61 Å². The second-order valence-electron chi connectivity index (χ2n) is 5.93. The van der Waals surface area contributed by atoms with E-state index in [4.69, 9.17) is 11.6 Å². The number of alkyl halides is 2. The Hall–Kier alpha value is -2.84. The summed E-state index contributed by atoms with van der Waals surface area (Å²) in [7, 11) is 0. The van der Waals surface area contributed by atoms with Crippen LogP contribution in [-0.2, 0) is 0 Å². The molecule has 0 radical (unpaired) electrons. The lowest BCUT2D eigenvalue weighted by molar-refractivity contribution is -0.0528. The normalized spacial score (nSPS) is 11.3. The van der Waals surface area contributed by atoms with Crippen LogP contribution in [0.15, 0.2) is 42.7 Å². The van der Waals surface area contributed by atoms with Gasteiger partial charge in [-0.2, -0.15) is 8.78 Å². The molecule has 0 spiro atoms. The summed E-state index contributed by atoms with van der Waals surface area (Å²) in [6.45, 7) is -1.11. The lowest BCUT2D eigenvalue weighted by atomic mass is 10.1. The number of nitrogens with zero attached hydrogens (tertiary/aromatic N) is 3. The molecule has 9 heteroatoms. The van der Waals surface area contributed by atoms with Crippen molar-refractivity contribution in [2.24, 2.45) is 0 Å². The molecule has 4 rings (SSSR count). The van der Waals surface area contributed by atoms with Crippen molar-refractivity contribution in [1.82, 2.24) is 15.0 Å². The van der Waals surface area contributed by atoms with E-state index in [2.05, 4.69) is 19.7 Å². The number of ether oxygens (including phenoxy) is 1. The number of benzene rings is 2. The average Bonchev–Trinajstić information content (AvgIpc) is 3.12. The minimum atomic E-state index is -2.97. The third-order valence-corrected chi connectivity index (χ3v) is 5.34. The number of phenolic OH excluding ortho intramolecular Hbond substituents is 1. The molecule has 0 unspecified atom stereocenters. The summed E-state index contributed by atoms with van der Waals surface area (Å²) >= 11 is 7.34. The molecule has 0 aliphatic carbocycles. The van der Waals surface area contributed by atoms with Gasteiger partial charge in [-0.05, 0) is 36.8 Å². The van der Waals surface area contributed by atoms with Gasteiger partial charge in [-0.3, -0.25) is 0 Å². The molecule has 28 heavy (non-hydrogen) atoms. The Morgan fingerprint density at radius 2 is 1.96 bits per heavy atom. The summed E-state index contributed by atoms with van der Waals surface area (Å²) in [6.07, 6.45) is 2.80. The molecule has 1 N–H and O–H groups in total. The van der Waals surface area contributed by atoms with Gasteiger partial charge in [0.05, 0.1) is 27.1 Å². The summed E-state index contributed by atoms with van der Waals surface area (Å²) in [4.78, 5) is 13.5. The minimum Gasteiger partial charge on any atom is -0.506 e. The molecule has 0 aliphatic heterocycles. The predicted octanol–water partition coefficient (Wildman–Crippen LogP) is 5.69. The maximum atomic E-state index is 12.4. The number of halogens is 3. The molecule has 0 atom stereocenters. The summed E-state index contributed by atoms with van der Waals surface area (Å²) in [5.41, 5.74) is 3.10. The Morgan fingerprint density at radius 1 is 1.14 bits per heavy atom. The highest BCUT2D eigenvalue weighted by Gasteiger charge is 2.16. The maximum Gasteiger partial charge on any atom is 0.388 e. The molecule has 2 aromatic heterocycles. The van der Waals surface area contributed by atoms with Crippen molar-refractivity contribution >= 4 is 34.0 Å². The van der Waals surface area contributed by atoms with Gasteiger partial charge in [0.1, 0.15) is 10.8 Å². The van der Waals surface area contributed by atoms with Crippen molar-refractivity contribution in [3.8, 4) is 32.6 Å². The maximum absolute atomic E-state index is 12.4. The van der Waals surface area contributed by atoms with Crippen molar-refractivity contribution in [1.29, 1.82) is 0 Å². The van der Waals surface area contributed by atoms with Crippen LogP contribution in [0.2, 0.25) is 5.02 Å². The Morgan fingerprint density at radius 3 is 2.75 bits per heavy atom. The van der Waals surface area contributed by atoms with Crippen LogP contribution >= 0.6 is 22.9 Å². The molecule has 4 aromatic rings. The fraction of sp³-hybridized carbons (Fsp3) is 0.105. The first-order valence-corrected chi connectivity index (χ1v) is 9.28. The highest BCUT2D eigenvalue weighted by Crippen LogP contribution is 2.40. The molecular formula is C19H12ClF2N3O2S. The summed E-state index contributed by atoms with van der Waals surface area (Å²) in [5, 5.41) is 11.1. The predicted molar refractivity (Wildman–Crippen MR) is 104 cm³/mol. The summed E-state index contributed by atoms with van der Waals surface area (Å²) in [6, 6.07) is 8.73. The molecule has 0 fully saturated rings. The first kappa shape index (κ1) is 18.5. The molecule has 2 aromatic carbocycles. The van der Waals surface area contributed by atoms with Gasteiger partial charge < -0.3 is 9.84 Å².